The summed E-state index contributed by atoms with van der Waals surface area (Å²) in [5.41, 5.74) is -0.0928. The third kappa shape index (κ3) is 4.54. The Bertz CT molecular complexity index is 637. The van der Waals surface area contributed by atoms with Gasteiger partial charge in [-0.05, 0) is 31.1 Å². The Labute approximate surface area is 147 Å². The van der Waals surface area contributed by atoms with E-state index in [1.807, 2.05) is 4.90 Å². The maximum absolute atomic E-state index is 13.5. The fourth-order valence-corrected chi connectivity index (χ4v) is 3.64. The summed E-state index contributed by atoms with van der Waals surface area (Å²) in [6, 6.07) is 4.45. The topological polar surface area (TPSA) is 23.6 Å². The van der Waals surface area contributed by atoms with Crippen molar-refractivity contribution in [2.75, 3.05) is 26.2 Å². The lowest BCUT2D eigenvalue weighted by atomic mass is 10.1. The van der Waals surface area contributed by atoms with E-state index in [0.29, 0.717) is 6.04 Å². The van der Waals surface area contributed by atoms with Gasteiger partial charge in [-0.25, -0.2) is 8.78 Å². The maximum atomic E-state index is 13.5. The first-order chi connectivity index (χ1) is 12.1. The summed E-state index contributed by atoms with van der Waals surface area (Å²) >= 11 is 0. The molecule has 0 N–H and O–H groups in total. The lowest BCUT2D eigenvalue weighted by Crippen LogP contribution is -2.51. The standard InChI is InChI=1S/C20H24F2N2O/c21-18-9-5-10-19(22)17(18)8-3-4-11-20(25)24-14-12-23(13-15-24)16-6-1-2-7-16/h3-5,8-11,16H,1-2,6-7,12-15H2/b8-3+,11-4+. The number of hydrogen-bond donors (Lipinski definition) is 0. The van der Waals surface area contributed by atoms with Crippen molar-refractivity contribution >= 4 is 12.0 Å². The van der Waals surface area contributed by atoms with Gasteiger partial charge < -0.3 is 4.90 Å². The van der Waals surface area contributed by atoms with Crippen LogP contribution in [0, 0.1) is 11.6 Å². The van der Waals surface area contributed by atoms with Gasteiger partial charge >= 0.3 is 0 Å². The maximum Gasteiger partial charge on any atom is 0.246 e. The Morgan fingerprint density at radius 1 is 1.00 bits per heavy atom. The van der Waals surface area contributed by atoms with Crippen LogP contribution in [0.3, 0.4) is 0 Å². The minimum absolute atomic E-state index is 0.0512. The molecule has 1 aliphatic heterocycles. The summed E-state index contributed by atoms with van der Waals surface area (Å²) in [4.78, 5) is 16.5. The fraction of sp³-hybridized carbons (Fsp3) is 0.450. The van der Waals surface area contributed by atoms with E-state index in [9.17, 15) is 13.6 Å². The molecule has 1 aliphatic carbocycles. The molecule has 0 aromatic heterocycles. The molecule has 1 aromatic rings. The minimum Gasteiger partial charge on any atom is -0.337 e. The third-order valence-electron chi connectivity index (χ3n) is 5.08. The Kier molecular flexibility index (Phi) is 5.97. The number of halogens is 2. The lowest BCUT2D eigenvalue weighted by Gasteiger charge is -2.37. The quantitative estimate of drug-likeness (QED) is 0.614. The number of carbonyl (C=O) groups excluding carboxylic acids is 1. The molecule has 2 fully saturated rings. The predicted octanol–water partition coefficient (Wildman–Crippen LogP) is 3.62. The average Bonchev–Trinajstić information content (AvgIpc) is 3.15. The first kappa shape index (κ1) is 17.8. The molecule has 0 atom stereocenters. The van der Waals surface area contributed by atoms with Crippen LogP contribution in [0.1, 0.15) is 31.2 Å². The van der Waals surface area contributed by atoms with Crippen LogP contribution >= 0.6 is 0 Å². The van der Waals surface area contributed by atoms with E-state index < -0.39 is 11.6 Å². The molecule has 2 aliphatic rings. The van der Waals surface area contributed by atoms with Gasteiger partial charge in [-0.3, -0.25) is 9.69 Å². The Balaban J connectivity index is 1.49. The zero-order valence-electron chi connectivity index (χ0n) is 14.3. The van der Waals surface area contributed by atoms with Crippen LogP contribution in [-0.4, -0.2) is 47.9 Å². The predicted molar refractivity (Wildman–Crippen MR) is 94.9 cm³/mol. The number of piperazine rings is 1. The molecule has 0 bridgehead atoms. The van der Waals surface area contributed by atoms with E-state index in [4.69, 9.17) is 0 Å². The van der Waals surface area contributed by atoms with Crippen molar-refractivity contribution in [1.29, 1.82) is 0 Å². The molecule has 1 saturated carbocycles. The van der Waals surface area contributed by atoms with Gasteiger partial charge in [-0.15, -0.1) is 0 Å². The molecule has 3 rings (SSSR count). The van der Waals surface area contributed by atoms with Gasteiger partial charge in [0.05, 0.1) is 0 Å². The van der Waals surface area contributed by atoms with Gasteiger partial charge in [-0.1, -0.05) is 31.1 Å². The van der Waals surface area contributed by atoms with Gasteiger partial charge in [0.2, 0.25) is 5.91 Å². The zero-order valence-corrected chi connectivity index (χ0v) is 14.3. The highest BCUT2D eigenvalue weighted by atomic mass is 19.1. The van der Waals surface area contributed by atoms with Crippen LogP contribution in [0.15, 0.2) is 36.4 Å². The van der Waals surface area contributed by atoms with Crippen molar-refractivity contribution in [3.8, 4) is 0 Å². The van der Waals surface area contributed by atoms with Crippen molar-refractivity contribution in [3.05, 3.63) is 53.6 Å². The number of amides is 1. The molecular weight excluding hydrogens is 322 g/mol. The van der Waals surface area contributed by atoms with Gasteiger partial charge in [-0.2, -0.15) is 0 Å². The highest BCUT2D eigenvalue weighted by Crippen LogP contribution is 2.24. The van der Waals surface area contributed by atoms with Crippen molar-refractivity contribution in [1.82, 2.24) is 9.80 Å². The van der Waals surface area contributed by atoms with Gasteiger partial charge in [0.1, 0.15) is 11.6 Å². The van der Waals surface area contributed by atoms with Crippen molar-refractivity contribution in [2.45, 2.75) is 31.7 Å². The number of allylic oxidation sites excluding steroid dienone is 2. The molecule has 1 saturated heterocycles. The molecule has 3 nitrogen and oxygen atoms in total. The largest absolute Gasteiger partial charge is 0.337 e. The van der Waals surface area contributed by atoms with Crippen molar-refractivity contribution < 1.29 is 13.6 Å². The Morgan fingerprint density at radius 2 is 1.64 bits per heavy atom. The monoisotopic (exact) mass is 346 g/mol. The second kappa shape index (κ2) is 8.39. The smallest absolute Gasteiger partial charge is 0.246 e. The molecule has 134 valence electrons. The summed E-state index contributed by atoms with van der Waals surface area (Å²) in [6.07, 6.45) is 11.0. The van der Waals surface area contributed by atoms with Crippen LogP contribution in [-0.2, 0) is 4.79 Å². The average molecular weight is 346 g/mol. The highest BCUT2D eigenvalue weighted by Gasteiger charge is 2.27. The molecule has 5 heteroatoms. The SMILES string of the molecule is O=C(/C=C/C=C/c1c(F)cccc1F)N1CCN(C2CCCC2)CC1. The molecule has 0 radical (unpaired) electrons. The van der Waals surface area contributed by atoms with Crippen molar-refractivity contribution in [2.24, 2.45) is 0 Å². The number of carbonyl (C=O) groups is 1. The number of nitrogens with zero attached hydrogens (tertiary/aromatic N) is 2. The first-order valence-electron chi connectivity index (χ1n) is 8.97. The van der Waals surface area contributed by atoms with Gasteiger partial charge in [0.15, 0.2) is 0 Å². The summed E-state index contributed by atoms with van der Waals surface area (Å²) < 4.78 is 27.0. The lowest BCUT2D eigenvalue weighted by molar-refractivity contribution is -0.128. The molecule has 25 heavy (non-hydrogen) atoms. The van der Waals surface area contributed by atoms with E-state index in [-0.39, 0.29) is 11.5 Å². The number of rotatable bonds is 4. The molecule has 1 aromatic carbocycles. The highest BCUT2D eigenvalue weighted by molar-refractivity contribution is 5.88. The fourth-order valence-electron chi connectivity index (χ4n) is 3.64. The summed E-state index contributed by atoms with van der Waals surface area (Å²) in [5.74, 6) is -1.28. The van der Waals surface area contributed by atoms with Crippen LogP contribution in [0.5, 0.6) is 0 Å². The van der Waals surface area contributed by atoms with Gasteiger partial charge in [0, 0.05) is 43.9 Å². The van der Waals surface area contributed by atoms with Gasteiger partial charge in [0.25, 0.3) is 0 Å². The number of hydrogen-bond acceptors (Lipinski definition) is 2. The molecule has 1 amide bonds. The number of benzene rings is 1. The minimum atomic E-state index is -0.612. The van der Waals surface area contributed by atoms with E-state index in [2.05, 4.69) is 4.90 Å². The van der Waals surface area contributed by atoms with Crippen LogP contribution in [0.2, 0.25) is 0 Å². The zero-order chi connectivity index (χ0) is 17.6. The normalized spacial score (nSPS) is 20.2. The second-order valence-electron chi connectivity index (χ2n) is 6.65. The molecular formula is C20H24F2N2O. The third-order valence-corrected chi connectivity index (χ3v) is 5.08. The van der Waals surface area contributed by atoms with Crippen LogP contribution in [0.4, 0.5) is 8.78 Å². The second-order valence-corrected chi connectivity index (χ2v) is 6.65. The van der Waals surface area contributed by atoms with E-state index >= 15 is 0 Å². The first-order valence-corrected chi connectivity index (χ1v) is 8.97. The van der Waals surface area contributed by atoms with Crippen LogP contribution in [0.25, 0.3) is 6.08 Å². The summed E-state index contributed by atoms with van der Waals surface area (Å²) in [5, 5.41) is 0. The van der Waals surface area contributed by atoms with E-state index in [0.717, 1.165) is 26.2 Å². The molecule has 0 unspecified atom stereocenters. The molecule has 0 spiro atoms. The van der Waals surface area contributed by atoms with Crippen molar-refractivity contribution in [3.63, 3.8) is 0 Å². The van der Waals surface area contributed by atoms with E-state index in [1.54, 1.807) is 0 Å². The Morgan fingerprint density at radius 3 is 2.28 bits per heavy atom. The molecule has 1 heterocycles. The van der Waals surface area contributed by atoms with Crippen LogP contribution < -0.4 is 0 Å². The summed E-state index contributed by atoms with van der Waals surface area (Å²) in [6.45, 7) is 3.34. The van der Waals surface area contributed by atoms with E-state index in [1.165, 1.54) is 68.2 Å². The Hall–Kier alpha value is -2.01. The summed E-state index contributed by atoms with van der Waals surface area (Å²) in [7, 11) is 0.